The number of halogens is 1. The third kappa shape index (κ3) is 3.16. The molecular weight excluding hydrogens is 228 g/mol. The van der Waals surface area contributed by atoms with E-state index in [1.54, 1.807) is 6.07 Å². The second kappa shape index (κ2) is 5.41. The van der Waals surface area contributed by atoms with E-state index in [0.29, 0.717) is 5.15 Å². The Bertz CT molecular complexity index is 429. The molecule has 6 nitrogen and oxygen atoms in total. The van der Waals surface area contributed by atoms with Gasteiger partial charge >= 0.3 is 0 Å². The number of nitrogens with one attached hydrogen (secondary N) is 2. The molecule has 0 spiro atoms. The van der Waals surface area contributed by atoms with Crippen LogP contribution in [0.4, 0.5) is 5.82 Å². The molecule has 0 atom stereocenters. The number of H-pyrrole nitrogens is 1. The lowest BCUT2D eigenvalue weighted by molar-refractivity contribution is 0.803. The van der Waals surface area contributed by atoms with Gasteiger partial charge in [0.15, 0.2) is 0 Å². The summed E-state index contributed by atoms with van der Waals surface area (Å²) in [5.74, 6) is 1.63. The summed E-state index contributed by atoms with van der Waals surface area (Å²) in [6.07, 6.45) is 4.73. The fourth-order valence-corrected chi connectivity index (χ4v) is 1.40. The van der Waals surface area contributed by atoms with Gasteiger partial charge in [-0.15, -0.1) is 0 Å². The number of hydrogen-bond donors (Lipinski definition) is 2. The van der Waals surface area contributed by atoms with E-state index in [-0.39, 0.29) is 0 Å². The molecule has 0 radical (unpaired) electrons. The lowest BCUT2D eigenvalue weighted by Gasteiger charge is -2.03. The van der Waals surface area contributed by atoms with Gasteiger partial charge in [0.1, 0.15) is 29.5 Å². The number of anilines is 1. The van der Waals surface area contributed by atoms with Crippen molar-refractivity contribution >= 4 is 17.4 Å². The van der Waals surface area contributed by atoms with Crippen LogP contribution in [-0.4, -0.2) is 31.7 Å². The van der Waals surface area contributed by atoms with Crippen LogP contribution in [0.3, 0.4) is 0 Å². The molecule has 84 valence electrons. The summed E-state index contributed by atoms with van der Waals surface area (Å²) >= 11 is 5.72. The summed E-state index contributed by atoms with van der Waals surface area (Å²) in [6, 6.07) is 1.69. The summed E-state index contributed by atoms with van der Waals surface area (Å²) in [6.45, 7) is 0.800. The van der Waals surface area contributed by atoms with Crippen molar-refractivity contribution in [2.75, 3.05) is 11.9 Å². The summed E-state index contributed by atoms with van der Waals surface area (Å²) in [5.41, 5.74) is 0. The molecular formula is C9H11ClN6. The minimum absolute atomic E-state index is 0.438. The van der Waals surface area contributed by atoms with Crippen LogP contribution < -0.4 is 5.32 Å². The first-order valence-electron chi connectivity index (χ1n) is 4.90. The van der Waals surface area contributed by atoms with E-state index in [0.717, 1.165) is 31.0 Å². The average molecular weight is 239 g/mol. The largest absolute Gasteiger partial charge is 0.370 e. The Kier molecular flexibility index (Phi) is 3.66. The Morgan fingerprint density at radius 2 is 2.19 bits per heavy atom. The Labute approximate surface area is 97.5 Å². The summed E-state index contributed by atoms with van der Waals surface area (Å²) in [5, 5.41) is 10.2. The lowest BCUT2D eigenvalue weighted by atomic mass is 10.3. The highest BCUT2D eigenvalue weighted by Crippen LogP contribution is 2.08. The summed E-state index contributed by atoms with van der Waals surface area (Å²) in [7, 11) is 0. The lowest BCUT2D eigenvalue weighted by Crippen LogP contribution is -2.05. The predicted octanol–water partition coefficient (Wildman–Crippen LogP) is 1.29. The van der Waals surface area contributed by atoms with Gasteiger partial charge in [-0.1, -0.05) is 11.6 Å². The molecule has 0 aliphatic heterocycles. The van der Waals surface area contributed by atoms with E-state index < -0.39 is 0 Å². The van der Waals surface area contributed by atoms with E-state index in [1.807, 2.05) is 0 Å². The molecule has 0 unspecified atom stereocenters. The summed E-state index contributed by atoms with van der Waals surface area (Å²) < 4.78 is 0. The van der Waals surface area contributed by atoms with Gasteiger partial charge in [-0.25, -0.2) is 15.0 Å². The van der Waals surface area contributed by atoms with Crippen LogP contribution in [0.25, 0.3) is 0 Å². The minimum atomic E-state index is 0.438. The predicted molar refractivity (Wildman–Crippen MR) is 60.2 cm³/mol. The van der Waals surface area contributed by atoms with Crippen LogP contribution >= 0.6 is 11.6 Å². The second-order valence-electron chi connectivity index (χ2n) is 3.19. The molecule has 2 rings (SSSR count). The standard InChI is InChI=1S/C9H11ClN6/c10-7-4-9(13-5-12-7)11-3-1-2-8-14-6-15-16-8/h4-6H,1-3H2,(H,11,12,13)(H,14,15,16). The maximum Gasteiger partial charge on any atom is 0.137 e. The van der Waals surface area contributed by atoms with Crippen LogP contribution in [0.1, 0.15) is 12.2 Å². The van der Waals surface area contributed by atoms with Crippen molar-refractivity contribution in [1.29, 1.82) is 0 Å². The Morgan fingerprint density at radius 3 is 2.94 bits per heavy atom. The highest BCUT2D eigenvalue weighted by atomic mass is 35.5. The molecule has 2 heterocycles. The van der Waals surface area contributed by atoms with Crippen molar-refractivity contribution in [3.05, 3.63) is 29.7 Å². The first kappa shape index (κ1) is 10.8. The van der Waals surface area contributed by atoms with Gasteiger partial charge in [0.25, 0.3) is 0 Å². The van der Waals surface area contributed by atoms with Gasteiger partial charge in [0.05, 0.1) is 0 Å². The van der Waals surface area contributed by atoms with Crippen LogP contribution in [0.5, 0.6) is 0 Å². The molecule has 7 heteroatoms. The fourth-order valence-electron chi connectivity index (χ4n) is 1.25. The van der Waals surface area contributed by atoms with Crippen molar-refractivity contribution in [2.45, 2.75) is 12.8 Å². The van der Waals surface area contributed by atoms with Gasteiger partial charge in [-0.3, -0.25) is 5.10 Å². The maximum absolute atomic E-state index is 5.72. The van der Waals surface area contributed by atoms with Gasteiger partial charge in [0.2, 0.25) is 0 Å². The molecule has 0 fully saturated rings. The van der Waals surface area contributed by atoms with Gasteiger partial charge in [0, 0.05) is 19.0 Å². The Morgan fingerprint density at radius 1 is 1.25 bits per heavy atom. The normalized spacial score (nSPS) is 10.3. The molecule has 0 saturated carbocycles. The van der Waals surface area contributed by atoms with Crippen LogP contribution in [0, 0.1) is 0 Å². The highest BCUT2D eigenvalue weighted by Gasteiger charge is 1.97. The van der Waals surface area contributed by atoms with E-state index in [1.165, 1.54) is 12.7 Å². The zero-order valence-electron chi connectivity index (χ0n) is 8.52. The highest BCUT2D eigenvalue weighted by molar-refractivity contribution is 6.29. The third-order valence-corrected chi connectivity index (χ3v) is 2.20. The molecule has 0 amide bonds. The quantitative estimate of drug-likeness (QED) is 0.606. The molecule has 2 N–H and O–H groups in total. The molecule has 16 heavy (non-hydrogen) atoms. The number of nitrogens with zero attached hydrogens (tertiary/aromatic N) is 4. The first-order valence-corrected chi connectivity index (χ1v) is 5.28. The van der Waals surface area contributed by atoms with E-state index in [9.17, 15) is 0 Å². The molecule has 0 aromatic carbocycles. The molecule has 2 aromatic rings. The van der Waals surface area contributed by atoms with Crippen molar-refractivity contribution in [3.8, 4) is 0 Å². The van der Waals surface area contributed by atoms with E-state index >= 15 is 0 Å². The molecule has 0 bridgehead atoms. The smallest absolute Gasteiger partial charge is 0.137 e. The van der Waals surface area contributed by atoms with Gasteiger partial charge < -0.3 is 5.32 Å². The fraction of sp³-hybridized carbons (Fsp3) is 0.333. The second-order valence-corrected chi connectivity index (χ2v) is 3.58. The topological polar surface area (TPSA) is 79.4 Å². The zero-order chi connectivity index (χ0) is 11.2. The SMILES string of the molecule is Clc1cc(NCCCc2ncn[nH]2)ncn1. The zero-order valence-corrected chi connectivity index (χ0v) is 9.28. The van der Waals surface area contributed by atoms with Crippen molar-refractivity contribution in [1.82, 2.24) is 25.1 Å². The van der Waals surface area contributed by atoms with Crippen LogP contribution in [0.2, 0.25) is 5.15 Å². The number of rotatable bonds is 5. The van der Waals surface area contributed by atoms with Crippen LogP contribution in [0.15, 0.2) is 18.7 Å². The summed E-state index contributed by atoms with van der Waals surface area (Å²) in [4.78, 5) is 11.9. The van der Waals surface area contributed by atoms with Crippen molar-refractivity contribution in [2.24, 2.45) is 0 Å². The van der Waals surface area contributed by atoms with Crippen LogP contribution in [-0.2, 0) is 6.42 Å². The Balaban J connectivity index is 1.72. The number of hydrogen-bond acceptors (Lipinski definition) is 5. The first-order chi connectivity index (χ1) is 7.84. The molecule has 0 aliphatic carbocycles. The van der Waals surface area contributed by atoms with Crippen molar-refractivity contribution < 1.29 is 0 Å². The monoisotopic (exact) mass is 238 g/mol. The van der Waals surface area contributed by atoms with E-state index in [2.05, 4.69) is 30.5 Å². The molecule has 0 aliphatic rings. The number of aromatic amines is 1. The maximum atomic E-state index is 5.72. The van der Waals surface area contributed by atoms with Crippen molar-refractivity contribution in [3.63, 3.8) is 0 Å². The average Bonchev–Trinajstić information content (AvgIpc) is 2.77. The Hall–Kier alpha value is -1.69. The number of aromatic nitrogens is 5. The molecule has 0 saturated heterocycles. The molecule has 2 aromatic heterocycles. The number of aryl methyl sites for hydroxylation is 1. The van der Waals surface area contributed by atoms with Gasteiger partial charge in [-0.2, -0.15) is 5.10 Å². The minimum Gasteiger partial charge on any atom is -0.370 e. The third-order valence-electron chi connectivity index (χ3n) is 2.00. The van der Waals surface area contributed by atoms with E-state index in [4.69, 9.17) is 11.6 Å². The van der Waals surface area contributed by atoms with Gasteiger partial charge in [-0.05, 0) is 6.42 Å².